The molecule has 0 amide bonds. The number of rotatable bonds is 5. The molecule has 0 radical (unpaired) electrons. The lowest BCUT2D eigenvalue weighted by atomic mass is 9.72. The summed E-state index contributed by atoms with van der Waals surface area (Å²) < 4.78 is 6.08. The first-order valence-corrected chi connectivity index (χ1v) is 10.6. The van der Waals surface area contributed by atoms with Crippen LogP contribution in [0.25, 0.3) is 0 Å². The fraction of sp³-hybridized carbons (Fsp3) is 1.00. The highest BCUT2D eigenvalue weighted by atomic mass is 16.5. The molecule has 1 heterocycles. The first kappa shape index (κ1) is 22.1. The van der Waals surface area contributed by atoms with Crippen LogP contribution >= 0.6 is 0 Å². The van der Waals surface area contributed by atoms with Gasteiger partial charge in [0.1, 0.15) is 0 Å². The normalized spacial score (nSPS) is 31.7. The van der Waals surface area contributed by atoms with Crippen LogP contribution in [0.2, 0.25) is 0 Å². The number of hydrogen-bond donors (Lipinski definition) is 2. The summed E-state index contributed by atoms with van der Waals surface area (Å²) >= 11 is 0. The Hall–Kier alpha value is -0.160. The predicted octanol–water partition coefficient (Wildman–Crippen LogP) is 3.98. The highest BCUT2D eigenvalue weighted by Gasteiger charge is 2.45. The summed E-state index contributed by atoms with van der Waals surface area (Å²) in [5.74, 6) is 0.786. The number of aliphatic hydroxyl groups is 2. The number of aliphatic hydroxyl groups excluding tert-OH is 2. The van der Waals surface area contributed by atoms with Crippen molar-refractivity contribution in [3.63, 3.8) is 0 Å². The molecule has 1 aliphatic heterocycles. The lowest BCUT2D eigenvalue weighted by Crippen LogP contribution is -2.63. The highest BCUT2D eigenvalue weighted by Crippen LogP contribution is 2.39. The molecule has 4 heteroatoms. The summed E-state index contributed by atoms with van der Waals surface area (Å²) in [7, 11) is 0. The van der Waals surface area contributed by atoms with E-state index < -0.39 is 6.10 Å². The van der Waals surface area contributed by atoms with E-state index >= 15 is 0 Å². The van der Waals surface area contributed by atoms with E-state index in [1.807, 2.05) is 0 Å². The largest absolute Gasteiger partial charge is 0.393 e. The van der Waals surface area contributed by atoms with Gasteiger partial charge < -0.3 is 14.9 Å². The Kier molecular flexibility index (Phi) is 6.86. The number of piperidine rings is 1. The van der Waals surface area contributed by atoms with E-state index in [0.717, 1.165) is 31.6 Å². The van der Waals surface area contributed by atoms with Crippen molar-refractivity contribution in [3.8, 4) is 0 Å². The Morgan fingerprint density at radius 1 is 1.00 bits per heavy atom. The maximum Gasteiger partial charge on any atom is 0.0900 e. The van der Waals surface area contributed by atoms with Crippen molar-refractivity contribution in [1.29, 1.82) is 0 Å². The van der Waals surface area contributed by atoms with Crippen LogP contribution in [-0.4, -0.2) is 57.7 Å². The van der Waals surface area contributed by atoms with Gasteiger partial charge in [-0.05, 0) is 77.6 Å². The molecule has 154 valence electrons. The molecule has 4 nitrogen and oxygen atoms in total. The van der Waals surface area contributed by atoms with Crippen LogP contribution < -0.4 is 0 Å². The minimum atomic E-state index is -0.482. The van der Waals surface area contributed by atoms with Gasteiger partial charge in [-0.15, -0.1) is 0 Å². The van der Waals surface area contributed by atoms with Crippen molar-refractivity contribution < 1.29 is 14.9 Å². The fourth-order valence-corrected chi connectivity index (χ4v) is 5.37. The minimum Gasteiger partial charge on any atom is -0.393 e. The van der Waals surface area contributed by atoms with E-state index in [1.165, 1.54) is 12.8 Å². The zero-order valence-electron chi connectivity index (χ0n) is 18.2. The summed E-state index contributed by atoms with van der Waals surface area (Å²) in [6.07, 6.45) is 5.74. The Balaban J connectivity index is 1.81. The van der Waals surface area contributed by atoms with Gasteiger partial charge in [-0.1, -0.05) is 20.8 Å². The highest BCUT2D eigenvalue weighted by molar-refractivity contribution is 5.00. The zero-order valence-corrected chi connectivity index (χ0v) is 18.2. The van der Waals surface area contributed by atoms with Crippen LogP contribution in [0, 0.1) is 11.3 Å². The van der Waals surface area contributed by atoms with E-state index in [-0.39, 0.29) is 17.2 Å². The Morgan fingerprint density at radius 2 is 1.50 bits per heavy atom. The third-order valence-corrected chi connectivity index (χ3v) is 6.75. The summed E-state index contributed by atoms with van der Waals surface area (Å²) in [4.78, 5) is 2.36. The van der Waals surface area contributed by atoms with E-state index in [4.69, 9.17) is 4.74 Å². The van der Waals surface area contributed by atoms with E-state index in [1.54, 1.807) is 0 Å². The molecule has 2 fully saturated rings. The monoisotopic (exact) mass is 369 g/mol. The maximum absolute atomic E-state index is 10.6. The van der Waals surface area contributed by atoms with Gasteiger partial charge in [0.2, 0.25) is 0 Å². The fourth-order valence-electron chi connectivity index (χ4n) is 5.37. The lowest BCUT2D eigenvalue weighted by Gasteiger charge is -2.55. The molecule has 0 unspecified atom stereocenters. The van der Waals surface area contributed by atoms with Gasteiger partial charge in [0.05, 0.1) is 24.9 Å². The van der Waals surface area contributed by atoms with Crippen LogP contribution in [-0.2, 0) is 4.74 Å². The van der Waals surface area contributed by atoms with Gasteiger partial charge in [0.15, 0.2) is 0 Å². The van der Waals surface area contributed by atoms with Gasteiger partial charge in [-0.25, -0.2) is 0 Å². The second-order valence-electron chi connectivity index (χ2n) is 11.1. The first-order chi connectivity index (χ1) is 11.8. The van der Waals surface area contributed by atoms with Crippen LogP contribution in [0.1, 0.15) is 87.0 Å². The topological polar surface area (TPSA) is 52.9 Å². The molecule has 1 saturated heterocycles. The van der Waals surface area contributed by atoms with Gasteiger partial charge in [0, 0.05) is 17.6 Å². The standard InChI is InChI=1S/C22H43NO3/c1-20(2,3)16-8-10-19(11-9-16)26-15-18(25)14-23-21(4,5)12-17(24)13-22(23,6)7/h16-19,24-25H,8-15H2,1-7H3/t16?,18-,19?/m0/s1. The first-order valence-electron chi connectivity index (χ1n) is 10.6. The van der Waals surface area contributed by atoms with Crippen molar-refractivity contribution in [2.24, 2.45) is 11.3 Å². The smallest absolute Gasteiger partial charge is 0.0900 e. The Bertz CT molecular complexity index is 429. The van der Waals surface area contributed by atoms with Crippen LogP contribution in [0.3, 0.4) is 0 Å². The molecule has 0 aromatic heterocycles. The van der Waals surface area contributed by atoms with Crippen LogP contribution in [0.4, 0.5) is 0 Å². The molecule has 2 N–H and O–H groups in total. The third kappa shape index (κ3) is 5.67. The number of β-amino-alcohol motifs (C(OH)–C–C–N with tert-alkyl or cyclic N) is 1. The summed E-state index contributed by atoms with van der Waals surface area (Å²) in [6.45, 7) is 16.7. The van der Waals surface area contributed by atoms with Gasteiger partial charge in [0.25, 0.3) is 0 Å². The number of ether oxygens (including phenoxy) is 1. The Morgan fingerprint density at radius 3 is 1.96 bits per heavy atom. The summed E-state index contributed by atoms with van der Waals surface area (Å²) in [5.41, 5.74) is 0.153. The maximum atomic E-state index is 10.6. The average Bonchev–Trinajstić information content (AvgIpc) is 2.47. The van der Waals surface area contributed by atoms with Crippen LogP contribution in [0.5, 0.6) is 0 Å². The van der Waals surface area contributed by atoms with Crippen molar-refractivity contribution in [2.75, 3.05) is 13.2 Å². The van der Waals surface area contributed by atoms with Crippen LogP contribution in [0.15, 0.2) is 0 Å². The van der Waals surface area contributed by atoms with Crippen molar-refractivity contribution in [3.05, 3.63) is 0 Å². The average molecular weight is 370 g/mol. The third-order valence-electron chi connectivity index (χ3n) is 6.75. The molecule has 2 rings (SSSR count). The van der Waals surface area contributed by atoms with Gasteiger partial charge in [-0.3, -0.25) is 4.90 Å². The molecule has 2 aliphatic rings. The molecule has 1 saturated carbocycles. The van der Waals surface area contributed by atoms with Crippen molar-refractivity contribution >= 4 is 0 Å². The molecule has 26 heavy (non-hydrogen) atoms. The summed E-state index contributed by atoms with van der Waals surface area (Å²) in [6, 6.07) is 0. The van der Waals surface area contributed by atoms with Gasteiger partial charge in [-0.2, -0.15) is 0 Å². The zero-order chi connectivity index (χ0) is 19.8. The summed E-state index contributed by atoms with van der Waals surface area (Å²) in [5, 5.41) is 20.8. The molecule has 1 aliphatic carbocycles. The number of likely N-dealkylation sites (tertiary alicyclic amines) is 1. The quantitative estimate of drug-likeness (QED) is 0.769. The molecular weight excluding hydrogens is 326 g/mol. The SMILES string of the molecule is CC(C)(C)C1CCC(OC[C@@H](O)CN2C(C)(C)CC(O)CC2(C)C)CC1. The number of nitrogens with zero attached hydrogens (tertiary/aromatic N) is 1. The van der Waals surface area contributed by atoms with Crippen molar-refractivity contribution in [2.45, 2.75) is 116 Å². The molecule has 0 spiro atoms. The second-order valence-corrected chi connectivity index (χ2v) is 11.1. The Labute approximate surface area is 161 Å². The molecule has 0 aromatic rings. The molecular formula is C22H43NO3. The lowest BCUT2D eigenvalue weighted by molar-refractivity contribution is -0.111. The van der Waals surface area contributed by atoms with E-state index in [9.17, 15) is 10.2 Å². The van der Waals surface area contributed by atoms with Gasteiger partial charge >= 0.3 is 0 Å². The molecule has 0 bridgehead atoms. The van der Waals surface area contributed by atoms with E-state index in [2.05, 4.69) is 53.4 Å². The minimum absolute atomic E-state index is 0.118. The van der Waals surface area contributed by atoms with Crippen molar-refractivity contribution in [1.82, 2.24) is 4.90 Å². The molecule has 1 atom stereocenters. The second kappa shape index (κ2) is 8.06. The molecule has 0 aromatic carbocycles. The number of hydrogen-bond acceptors (Lipinski definition) is 4. The predicted molar refractivity (Wildman–Crippen MR) is 107 cm³/mol. The van der Waals surface area contributed by atoms with E-state index in [0.29, 0.717) is 24.7 Å².